The standard InChI is InChI=1S/C20H28N4O4/c1-21(2)18-7-6-16(24(27)28)14-17(18)20(26)23-12-8-15(9-13-23)19(25)22-10-4-3-5-11-22/h6-7,14-15H,3-5,8-13H2,1-2H3. The number of nitro benzene ring substituents is 1. The van der Waals surface area contributed by atoms with Crippen molar-refractivity contribution in [1.82, 2.24) is 9.80 Å². The van der Waals surface area contributed by atoms with Gasteiger partial charge in [-0.2, -0.15) is 0 Å². The molecule has 2 amide bonds. The van der Waals surface area contributed by atoms with Crippen LogP contribution in [-0.2, 0) is 4.79 Å². The van der Waals surface area contributed by atoms with Gasteiger partial charge in [0.15, 0.2) is 0 Å². The normalized spacial score (nSPS) is 18.1. The van der Waals surface area contributed by atoms with Gasteiger partial charge in [0, 0.05) is 64.0 Å². The molecule has 2 fully saturated rings. The van der Waals surface area contributed by atoms with Crippen molar-refractivity contribution in [3.05, 3.63) is 33.9 Å². The lowest BCUT2D eigenvalue weighted by atomic mass is 9.93. The molecule has 0 N–H and O–H groups in total. The van der Waals surface area contributed by atoms with E-state index in [1.165, 1.54) is 18.6 Å². The minimum atomic E-state index is -0.486. The van der Waals surface area contributed by atoms with Gasteiger partial charge in [0.1, 0.15) is 0 Å². The van der Waals surface area contributed by atoms with Crippen LogP contribution in [0.25, 0.3) is 0 Å². The largest absolute Gasteiger partial charge is 0.377 e. The first-order chi connectivity index (χ1) is 13.4. The van der Waals surface area contributed by atoms with Gasteiger partial charge in [-0.05, 0) is 38.2 Å². The van der Waals surface area contributed by atoms with Crippen LogP contribution < -0.4 is 4.90 Å². The smallest absolute Gasteiger partial charge is 0.270 e. The quantitative estimate of drug-likeness (QED) is 0.584. The number of hydrogen-bond acceptors (Lipinski definition) is 5. The van der Waals surface area contributed by atoms with Gasteiger partial charge in [0.05, 0.1) is 10.5 Å². The van der Waals surface area contributed by atoms with E-state index in [1.807, 2.05) is 19.0 Å². The van der Waals surface area contributed by atoms with Crippen molar-refractivity contribution in [1.29, 1.82) is 0 Å². The molecule has 0 radical (unpaired) electrons. The van der Waals surface area contributed by atoms with Crippen LogP contribution in [0.3, 0.4) is 0 Å². The zero-order valence-corrected chi connectivity index (χ0v) is 16.6. The van der Waals surface area contributed by atoms with Gasteiger partial charge >= 0.3 is 0 Å². The first-order valence-electron chi connectivity index (χ1n) is 9.92. The van der Waals surface area contributed by atoms with E-state index in [0.717, 1.165) is 25.9 Å². The predicted octanol–water partition coefficient (Wildman–Crippen LogP) is 2.53. The van der Waals surface area contributed by atoms with Gasteiger partial charge in [-0.15, -0.1) is 0 Å². The number of nitro groups is 1. The van der Waals surface area contributed by atoms with E-state index in [0.29, 0.717) is 37.2 Å². The average molecular weight is 388 g/mol. The summed E-state index contributed by atoms with van der Waals surface area (Å²) in [6.45, 7) is 2.69. The second-order valence-corrected chi connectivity index (χ2v) is 7.81. The Morgan fingerprint density at radius 1 is 1.04 bits per heavy atom. The SMILES string of the molecule is CN(C)c1ccc([N+](=O)[O-])cc1C(=O)N1CCC(C(=O)N2CCCCC2)CC1. The Morgan fingerprint density at radius 2 is 1.68 bits per heavy atom. The zero-order chi connectivity index (χ0) is 20.3. The molecule has 28 heavy (non-hydrogen) atoms. The number of carbonyl (C=O) groups is 2. The van der Waals surface area contributed by atoms with Gasteiger partial charge < -0.3 is 14.7 Å². The first-order valence-corrected chi connectivity index (χ1v) is 9.92. The van der Waals surface area contributed by atoms with Crippen molar-refractivity contribution in [3.8, 4) is 0 Å². The van der Waals surface area contributed by atoms with E-state index in [-0.39, 0.29) is 23.4 Å². The van der Waals surface area contributed by atoms with E-state index in [2.05, 4.69) is 0 Å². The summed E-state index contributed by atoms with van der Waals surface area (Å²) in [4.78, 5) is 41.9. The van der Waals surface area contributed by atoms with Crippen molar-refractivity contribution in [2.24, 2.45) is 5.92 Å². The predicted molar refractivity (Wildman–Crippen MR) is 106 cm³/mol. The van der Waals surface area contributed by atoms with Crippen molar-refractivity contribution in [3.63, 3.8) is 0 Å². The number of non-ortho nitro benzene ring substituents is 1. The number of anilines is 1. The van der Waals surface area contributed by atoms with Crippen LogP contribution >= 0.6 is 0 Å². The molecular formula is C20H28N4O4. The summed E-state index contributed by atoms with van der Waals surface area (Å²) in [5, 5.41) is 11.1. The molecular weight excluding hydrogens is 360 g/mol. The number of carbonyl (C=O) groups excluding carboxylic acids is 2. The Morgan fingerprint density at radius 3 is 2.25 bits per heavy atom. The third-order valence-electron chi connectivity index (χ3n) is 5.70. The van der Waals surface area contributed by atoms with Gasteiger partial charge in [0.25, 0.3) is 11.6 Å². The fraction of sp³-hybridized carbons (Fsp3) is 0.600. The highest BCUT2D eigenvalue weighted by Gasteiger charge is 2.32. The summed E-state index contributed by atoms with van der Waals surface area (Å²) in [7, 11) is 3.61. The fourth-order valence-electron chi connectivity index (χ4n) is 4.07. The molecule has 2 aliphatic heterocycles. The highest BCUT2D eigenvalue weighted by molar-refractivity contribution is 6.00. The van der Waals surface area contributed by atoms with E-state index >= 15 is 0 Å². The number of benzene rings is 1. The van der Waals surface area contributed by atoms with Crippen LogP contribution in [0.15, 0.2) is 18.2 Å². The van der Waals surface area contributed by atoms with Crippen LogP contribution in [0.1, 0.15) is 42.5 Å². The zero-order valence-electron chi connectivity index (χ0n) is 16.6. The van der Waals surface area contributed by atoms with Gasteiger partial charge in [-0.25, -0.2) is 0 Å². The molecule has 8 nitrogen and oxygen atoms in total. The molecule has 3 rings (SSSR count). The van der Waals surface area contributed by atoms with Crippen molar-refractivity contribution >= 4 is 23.2 Å². The molecule has 1 aromatic carbocycles. The van der Waals surface area contributed by atoms with E-state index < -0.39 is 4.92 Å². The Balaban J connectivity index is 1.69. The summed E-state index contributed by atoms with van der Waals surface area (Å²) < 4.78 is 0. The Kier molecular flexibility index (Phi) is 6.16. The van der Waals surface area contributed by atoms with Gasteiger partial charge in [0.2, 0.25) is 5.91 Å². The number of amides is 2. The molecule has 0 aliphatic carbocycles. The summed E-state index contributed by atoms with van der Waals surface area (Å²) in [5.41, 5.74) is 0.895. The number of nitrogens with zero attached hydrogens (tertiary/aromatic N) is 4. The van der Waals surface area contributed by atoms with Crippen molar-refractivity contribution in [2.75, 3.05) is 45.2 Å². The lowest BCUT2D eigenvalue weighted by molar-refractivity contribution is -0.384. The van der Waals surface area contributed by atoms with Gasteiger partial charge in [-0.1, -0.05) is 0 Å². The monoisotopic (exact) mass is 388 g/mol. The molecule has 2 aliphatic rings. The molecule has 0 unspecified atom stereocenters. The molecule has 2 heterocycles. The highest BCUT2D eigenvalue weighted by atomic mass is 16.6. The Hall–Kier alpha value is -2.64. The third kappa shape index (κ3) is 4.26. The highest BCUT2D eigenvalue weighted by Crippen LogP contribution is 2.28. The minimum Gasteiger partial charge on any atom is -0.377 e. The molecule has 0 bridgehead atoms. The molecule has 0 atom stereocenters. The number of piperidine rings is 2. The molecule has 0 spiro atoms. The fourth-order valence-corrected chi connectivity index (χ4v) is 4.07. The molecule has 1 aromatic rings. The van der Waals surface area contributed by atoms with E-state index in [4.69, 9.17) is 0 Å². The topological polar surface area (TPSA) is 87.0 Å². The first kappa shape index (κ1) is 20.1. The summed E-state index contributed by atoms with van der Waals surface area (Å²) in [5.74, 6) is -0.0204. The van der Waals surface area contributed by atoms with E-state index in [1.54, 1.807) is 15.9 Å². The summed E-state index contributed by atoms with van der Waals surface area (Å²) in [6.07, 6.45) is 4.63. The van der Waals surface area contributed by atoms with Crippen molar-refractivity contribution in [2.45, 2.75) is 32.1 Å². The van der Waals surface area contributed by atoms with Crippen LogP contribution in [0, 0.1) is 16.0 Å². The minimum absolute atomic E-state index is 0.0272. The third-order valence-corrected chi connectivity index (χ3v) is 5.70. The maximum atomic E-state index is 13.1. The number of likely N-dealkylation sites (tertiary alicyclic amines) is 2. The lowest BCUT2D eigenvalue weighted by Gasteiger charge is -2.36. The van der Waals surface area contributed by atoms with Crippen LogP contribution in [-0.4, -0.2) is 66.8 Å². The second-order valence-electron chi connectivity index (χ2n) is 7.81. The maximum absolute atomic E-state index is 13.1. The molecule has 8 heteroatoms. The van der Waals surface area contributed by atoms with Crippen LogP contribution in [0.5, 0.6) is 0 Å². The average Bonchev–Trinajstić information content (AvgIpc) is 2.72. The van der Waals surface area contributed by atoms with Crippen LogP contribution in [0.2, 0.25) is 0 Å². The lowest BCUT2D eigenvalue weighted by Crippen LogP contribution is -2.45. The number of hydrogen-bond donors (Lipinski definition) is 0. The van der Waals surface area contributed by atoms with Crippen LogP contribution in [0.4, 0.5) is 11.4 Å². The Labute approximate surface area is 165 Å². The molecule has 2 saturated heterocycles. The Bertz CT molecular complexity index is 751. The number of rotatable bonds is 4. The van der Waals surface area contributed by atoms with Crippen molar-refractivity contribution < 1.29 is 14.5 Å². The maximum Gasteiger partial charge on any atom is 0.270 e. The van der Waals surface area contributed by atoms with Gasteiger partial charge in [-0.3, -0.25) is 19.7 Å². The summed E-state index contributed by atoms with van der Waals surface area (Å²) in [6, 6.07) is 4.37. The molecule has 0 aromatic heterocycles. The molecule has 152 valence electrons. The molecule has 0 saturated carbocycles. The summed E-state index contributed by atoms with van der Waals surface area (Å²) >= 11 is 0. The second kappa shape index (κ2) is 8.58. The van der Waals surface area contributed by atoms with E-state index in [9.17, 15) is 19.7 Å².